The molecule has 0 aliphatic rings. The predicted octanol–water partition coefficient (Wildman–Crippen LogP) is 4.23. The van der Waals surface area contributed by atoms with E-state index in [4.69, 9.17) is 21.1 Å². The first kappa shape index (κ1) is 15.6. The highest BCUT2D eigenvalue weighted by Crippen LogP contribution is 2.23. The van der Waals surface area contributed by atoms with E-state index in [2.05, 4.69) is 23.8 Å². The van der Waals surface area contributed by atoms with E-state index in [1.165, 1.54) is 0 Å². The Morgan fingerprint density at radius 1 is 1.10 bits per heavy atom. The highest BCUT2D eigenvalue weighted by Gasteiger charge is 2.07. The van der Waals surface area contributed by atoms with Crippen LogP contribution >= 0.6 is 11.6 Å². The number of hydrogen-bond acceptors (Lipinski definition) is 4. The molecule has 1 heterocycles. The lowest BCUT2D eigenvalue weighted by Gasteiger charge is -2.09. The number of hydrogen-bond donors (Lipinski definition) is 0. The lowest BCUT2D eigenvalue weighted by molar-refractivity contribution is 0.271. The van der Waals surface area contributed by atoms with Gasteiger partial charge in [0.1, 0.15) is 10.9 Å². The van der Waals surface area contributed by atoms with Gasteiger partial charge in [0.15, 0.2) is 5.82 Å². The summed E-state index contributed by atoms with van der Waals surface area (Å²) in [7, 11) is 0. The van der Waals surface area contributed by atoms with Gasteiger partial charge < -0.3 is 9.47 Å². The quantitative estimate of drug-likeness (QED) is 0.749. The first-order valence-electron chi connectivity index (χ1n) is 6.99. The highest BCUT2D eigenvalue weighted by atomic mass is 35.5. The van der Waals surface area contributed by atoms with Crippen LogP contribution in [0.25, 0.3) is 11.4 Å². The van der Waals surface area contributed by atoms with Crippen LogP contribution in [0, 0.1) is 5.92 Å². The number of aromatic nitrogens is 2. The summed E-state index contributed by atoms with van der Waals surface area (Å²) in [4.78, 5) is 8.56. The van der Waals surface area contributed by atoms with Crippen LogP contribution in [0.2, 0.25) is 5.15 Å². The second-order valence-corrected chi connectivity index (χ2v) is 5.40. The average Bonchev–Trinajstić information content (AvgIpc) is 2.45. The van der Waals surface area contributed by atoms with Gasteiger partial charge >= 0.3 is 0 Å². The lowest BCUT2D eigenvalue weighted by Crippen LogP contribution is -2.04. The van der Waals surface area contributed by atoms with Crippen molar-refractivity contribution in [2.75, 3.05) is 13.2 Å². The van der Waals surface area contributed by atoms with Gasteiger partial charge in [0.2, 0.25) is 5.88 Å². The minimum atomic E-state index is 0.364. The summed E-state index contributed by atoms with van der Waals surface area (Å²) in [6.45, 7) is 7.36. The average molecular weight is 307 g/mol. The summed E-state index contributed by atoms with van der Waals surface area (Å²) in [6, 6.07) is 9.24. The Morgan fingerprint density at radius 2 is 1.81 bits per heavy atom. The van der Waals surface area contributed by atoms with Crippen LogP contribution in [0.5, 0.6) is 11.6 Å². The van der Waals surface area contributed by atoms with Gasteiger partial charge in [0.05, 0.1) is 13.2 Å². The van der Waals surface area contributed by atoms with Crippen molar-refractivity contribution in [1.82, 2.24) is 9.97 Å². The zero-order valence-electron chi connectivity index (χ0n) is 12.5. The molecule has 1 aromatic carbocycles. The number of ether oxygens (including phenoxy) is 2. The van der Waals surface area contributed by atoms with Crippen molar-refractivity contribution in [2.45, 2.75) is 20.8 Å². The van der Waals surface area contributed by atoms with Gasteiger partial charge in [-0.15, -0.1) is 0 Å². The van der Waals surface area contributed by atoms with Gasteiger partial charge in [0, 0.05) is 11.6 Å². The molecule has 0 unspecified atom stereocenters. The number of halogens is 1. The lowest BCUT2D eigenvalue weighted by atomic mass is 10.2. The standard InChI is InChI=1S/C16H19ClN2O2/c1-4-20-15-9-14(17)18-16(19-15)12-5-7-13(8-6-12)21-10-11(2)3/h5-9,11H,4,10H2,1-3H3. The maximum absolute atomic E-state index is 6.00. The van der Waals surface area contributed by atoms with Crippen LogP contribution in [0.1, 0.15) is 20.8 Å². The smallest absolute Gasteiger partial charge is 0.218 e. The molecule has 2 aromatic rings. The molecule has 0 spiro atoms. The van der Waals surface area contributed by atoms with E-state index in [0.29, 0.717) is 36.0 Å². The predicted molar refractivity (Wildman–Crippen MR) is 84.0 cm³/mol. The molecule has 0 atom stereocenters. The van der Waals surface area contributed by atoms with Crippen LogP contribution in [0.3, 0.4) is 0 Å². The van der Waals surface area contributed by atoms with Gasteiger partial charge in [-0.2, -0.15) is 4.98 Å². The second-order valence-electron chi connectivity index (χ2n) is 5.01. The summed E-state index contributed by atoms with van der Waals surface area (Å²) in [5, 5.41) is 0.364. The maximum Gasteiger partial charge on any atom is 0.218 e. The molecule has 0 saturated carbocycles. The van der Waals surface area contributed by atoms with Crippen molar-refractivity contribution in [1.29, 1.82) is 0 Å². The van der Waals surface area contributed by atoms with E-state index in [-0.39, 0.29) is 0 Å². The SMILES string of the molecule is CCOc1cc(Cl)nc(-c2ccc(OCC(C)C)cc2)n1. The zero-order chi connectivity index (χ0) is 15.2. The largest absolute Gasteiger partial charge is 0.493 e. The fourth-order valence-corrected chi connectivity index (χ4v) is 1.88. The molecule has 0 saturated heterocycles. The Kier molecular flexibility index (Phi) is 5.39. The summed E-state index contributed by atoms with van der Waals surface area (Å²) in [5.41, 5.74) is 0.871. The molecule has 112 valence electrons. The van der Waals surface area contributed by atoms with Crippen LogP contribution in [-0.4, -0.2) is 23.2 Å². The topological polar surface area (TPSA) is 44.2 Å². The van der Waals surface area contributed by atoms with Crippen molar-refractivity contribution >= 4 is 11.6 Å². The summed E-state index contributed by atoms with van der Waals surface area (Å²) in [5.74, 6) is 2.35. The molecular weight excluding hydrogens is 288 g/mol. The molecule has 1 aromatic heterocycles. The van der Waals surface area contributed by atoms with Crippen LogP contribution < -0.4 is 9.47 Å². The Morgan fingerprint density at radius 3 is 2.43 bits per heavy atom. The first-order chi connectivity index (χ1) is 10.1. The van der Waals surface area contributed by atoms with Gasteiger partial charge in [0.25, 0.3) is 0 Å². The minimum absolute atomic E-state index is 0.364. The number of benzene rings is 1. The molecule has 0 fully saturated rings. The highest BCUT2D eigenvalue weighted by molar-refractivity contribution is 6.29. The molecule has 0 amide bonds. The van der Waals surface area contributed by atoms with E-state index in [1.54, 1.807) is 6.07 Å². The van der Waals surface area contributed by atoms with Crippen LogP contribution in [-0.2, 0) is 0 Å². The van der Waals surface area contributed by atoms with Crippen LogP contribution in [0.15, 0.2) is 30.3 Å². The van der Waals surface area contributed by atoms with Gasteiger partial charge in [-0.1, -0.05) is 25.4 Å². The van der Waals surface area contributed by atoms with Gasteiger partial charge in [-0.3, -0.25) is 0 Å². The number of nitrogens with zero attached hydrogens (tertiary/aromatic N) is 2. The third kappa shape index (κ3) is 4.60. The Balaban J connectivity index is 2.18. The van der Waals surface area contributed by atoms with Crippen molar-refractivity contribution < 1.29 is 9.47 Å². The van der Waals surface area contributed by atoms with Crippen LogP contribution in [0.4, 0.5) is 0 Å². The molecule has 2 rings (SSSR count). The Hall–Kier alpha value is -1.81. The van der Waals surface area contributed by atoms with E-state index < -0.39 is 0 Å². The second kappa shape index (κ2) is 7.27. The molecular formula is C16H19ClN2O2. The van der Waals surface area contributed by atoms with E-state index in [0.717, 1.165) is 11.3 Å². The van der Waals surface area contributed by atoms with E-state index in [1.807, 2.05) is 31.2 Å². The minimum Gasteiger partial charge on any atom is -0.493 e. The summed E-state index contributed by atoms with van der Waals surface area (Å²) >= 11 is 6.00. The van der Waals surface area contributed by atoms with Crippen molar-refractivity contribution in [3.05, 3.63) is 35.5 Å². The Labute approximate surface area is 130 Å². The third-order valence-corrected chi connectivity index (χ3v) is 2.85. The molecule has 0 bridgehead atoms. The maximum atomic E-state index is 6.00. The van der Waals surface area contributed by atoms with E-state index >= 15 is 0 Å². The van der Waals surface area contributed by atoms with E-state index in [9.17, 15) is 0 Å². The van der Waals surface area contributed by atoms with Crippen molar-refractivity contribution in [3.8, 4) is 23.0 Å². The van der Waals surface area contributed by atoms with Gasteiger partial charge in [-0.25, -0.2) is 4.98 Å². The monoisotopic (exact) mass is 306 g/mol. The van der Waals surface area contributed by atoms with Gasteiger partial charge in [-0.05, 0) is 37.1 Å². The zero-order valence-corrected chi connectivity index (χ0v) is 13.2. The fourth-order valence-electron chi connectivity index (χ4n) is 1.71. The molecule has 5 heteroatoms. The van der Waals surface area contributed by atoms with Crippen molar-refractivity contribution in [3.63, 3.8) is 0 Å². The summed E-state index contributed by atoms with van der Waals surface area (Å²) in [6.07, 6.45) is 0. The third-order valence-electron chi connectivity index (χ3n) is 2.66. The first-order valence-corrected chi connectivity index (χ1v) is 7.37. The molecule has 0 aliphatic heterocycles. The molecule has 0 aliphatic carbocycles. The Bertz CT molecular complexity index is 585. The normalized spacial score (nSPS) is 10.7. The fraction of sp³-hybridized carbons (Fsp3) is 0.375. The summed E-state index contributed by atoms with van der Waals surface area (Å²) < 4.78 is 11.0. The molecule has 4 nitrogen and oxygen atoms in total. The molecule has 0 N–H and O–H groups in total. The molecule has 0 radical (unpaired) electrons. The number of rotatable bonds is 6. The molecule has 21 heavy (non-hydrogen) atoms. The van der Waals surface area contributed by atoms with Crippen molar-refractivity contribution in [2.24, 2.45) is 5.92 Å².